The normalized spacial score (nSPS) is 51.0. The number of esters is 1. The minimum Gasteiger partial charge on any atom is -0.511 e. The van der Waals surface area contributed by atoms with Gasteiger partial charge in [-0.2, -0.15) is 0 Å². The number of ketones is 1. The van der Waals surface area contributed by atoms with E-state index in [1.807, 2.05) is 52.8 Å². The molecule has 67 heavy (non-hydrogen) atoms. The fourth-order valence-electron chi connectivity index (χ4n) is 13.3. The van der Waals surface area contributed by atoms with Crippen molar-refractivity contribution in [3.05, 3.63) is 58.4 Å². The molecule has 4 saturated heterocycles. The largest absolute Gasteiger partial charge is 0.511 e. The highest BCUT2D eigenvalue weighted by Crippen LogP contribution is 2.61. The Morgan fingerprint density at radius 1 is 0.701 bits per heavy atom. The fraction of sp³-hybridized carbons (Fsp3) is 0.769. The molecule has 15 heteroatoms. The number of fused-ring (bicyclic) bond motifs is 4. The third-order valence-electron chi connectivity index (χ3n) is 17.1. The minimum atomic E-state index is -1.56. The number of rotatable bonds is 7. The van der Waals surface area contributed by atoms with Gasteiger partial charge in [-0.15, -0.1) is 0 Å². The molecule has 15 nitrogen and oxygen atoms in total. The molecule has 4 aliphatic carbocycles. The number of ether oxygens (including phenoxy) is 8. The standard InChI is InChI=1S/C52H76O15/c1-23-12-15-35(53)25(3)18-32-17-24(2)28(6)22-52(32)49(58)42(50(59)67-52)48(57)51(10)34(23)14-13-33-43(51)26(4)16-27(5)45(33)65-41-21-38(44(56)29(7)61-41)64-39-20-37(55)47(31(9)63-39)66-40-19-36(54)46(60-11)30(8)62-40/h12-14,17-18,26-41,43-47,53-57H,15-16,19-22H2,1-11H3/b23-12-,25-18-,48-42?/t26-,27-,28+,29+,30+,31+,32-,33+,34-,35+,36-,37-,38-,39?,40+,41-,43+,44-,45-,46-,47-,51+,52+/m0/s1. The second-order valence-corrected chi connectivity index (χ2v) is 21.6. The average molecular weight is 941 g/mol. The molecule has 4 heterocycles. The second kappa shape index (κ2) is 19.4. The van der Waals surface area contributed by atoms with Crippen molar-refractivity contribution in [1.29, 1.82) is 0 Å². The number of carbonyl (C=O) groups excluding carboxylic acids is 2. The molecule has 1 unspecified atom stereocenters. The van der Waals surface area contributed by atoms with E-state index in [1.54, 1.807) is 20.8 Å². The van der Waals surface area contributed by atoms with Crippen LogP contribution in [0.1, 0.15) is 108 Å². The van der Waals surface area contributed by atoms with Crippen molar-refractivity contribution in [2.75, 3.05) is 7.11 Å². The molecule has 1 saturated carbocycles. The maximum Gasteiger partial charge on any atom is 0.346 e. The molecule has 0 aromatic rings. The molecule has 0 aromatic carbocycles. The maximum absolute atomic E-state index is 15.0. The van der Waals surface area contributed by atoms with Crippen molar-refractivity contribution in [3.63, 3.8) is 0 Å². The zero-order valence-corrected chi connectivity index (χ0v) is 41.1. The summed E-state index contributed by atoms with van der Waals surface area (Å²) in [4.78, 5) is 29.3. The highest BCUT2D eigenvalue weighted by molar-refractivity contribution is 6.26. The van der Waals surface area contributed by atoms with Crippen LogP contribution in [-0.4, -0.2) is 136 Å². The number of aliphatic hydroxyl groups excluding tert-OH is 5. The SMILES string of the molecule is CO[C@@H]1[C@@H](O)C[C@@H](O[C@@H]2[C@@H](O)CC(O[C@H]3C[C@H](O[C@@H]4[C@@H]5C=C[C@H]6/C(C)=C\C[C@@H](O)/C(C)=C\[C@@H]7C=C(C)[C@H](C)C[C@@]78OC(=O)C(=C(O)[C@@]6(C)[C@@H]5[C@@H](C)C[C@@H]4C)C8=O)O[C@H](C)[C@@H]3O)O[C@@H]2C)O[C@@H]1C. The Balaban J connectivity index is 1.04. The number of hydrogen-bond acceptors (Lipinski definition) is 15. The lowest BCUT2D eigenvalue weighted by molar-refractivity contribution is -0.335. The molecule has 8 rings (SSSR count). The van der Waals surface area contributed by atoms with Crippen molar-refractivity contribution in [2.24, 2.45) is 46.8 Å². The molecule has 4 aliphatic heterocycles. The molecule has 1 spiro atoms. The van der Waals surface area contributed by atoms with Crippen LogP contribution in [0.15, 0.2) is 58.4 Å². The van der Waals surface area contributed by atoms with Crippen molar-refractivity contribution >= 4 is 11.8 Å². The van der Waals surface area contributed by atoms with Gasteiger partial charge in [0.15, 0.2) is 24.5 Å². The zero-order valence-electron chi connectivity index (χ0n) is 41.1. The lowest BCUT2D eigenvalue weighted by Crippen LogP contribution is -2.57. The number of carbonyl (C=O) groups is 2. The molecular weight excluding hydrogens is 865 g/mol. The van der Waals surface area contributed by atoms with Crippen LogP contribution in [0, 0.1) is 46.8 Å². The lowest BCUT2D eigenvalue weighted by atomic mass is 9.49. The van der Waals surface area contributed by atoms with Crippen molar-refractivity contribution in [2.45, 2.75) is 199 Å². The van der Waals surface area contributed by atoms with Crippen LogP contribution in [0.4, 0.5) is 0 Å². The van der Waals surface area contributed by atoms with Gasteiger partial charge in [0.25, 0.3) is 0 Å². The van der Waals surface area contributed by atoms with Crippen LogP contribution < -0.4 is 0 Å². The topological polar surface area (TPSA) is 209 Å². The molecule has 374 valence electrons. The van der Waals surface area contributed by atoms with E-state index >= 15 is 4.79 Å². The Bertz CT molecular complexity index is 2000. The van der Waals surface area contributed by atoms with Gasteiger partial charge < -0.3 is 63.4 Å². The molecule has 5 N–H and O–H groups in total. The third-order valence-corrected chi connectivity index (χ3v) is 17.1. The van der Waals surface area contributed by atoms with Gasteiger partial charge in [0.05, 0.1) is 48.8 Å². The second-order valence-electron chi connectivity index (χ2n) is 21.6. The van der Waals surface area contributed by atoms with E-state index in [4.69, 9.17) is 37.9 Å². The summed E-state index contributed by atoms with van der Waals surface area (Å²) in [6.07, 6.45) is 1.40. The smallest absolute Gasteiger partial charge is 0.346 e. The Kier molecular flexibility index (Phi) is 14.7. The summed E-state index contributed by atoms with van der Waals surface area (Å²) in [6, 6.07) is 0. The van der Waals surface area contributed by atoms with E-state index < -0.39 is 121 Å². The van der Waals surface area contributed by atoms with Crippen LogP contribution in [0.5, 0.6) is 0 Å². The molecule has 23 atom stereocenters. The summed E-state index contributed by atoms with van der Waals surface area (Å²) in [5.41, 5.74) is -0.400. The van der Waals surface area contributed by atoms with Gasteiger partial charge in [-0.1, -0.05) is 69.2 Å². The van der Waals surface area contributed by atoms with Gasteiger partial charge in [0, 0.05) is 56.0 Å². The van der Waals surface area contributed by atoms with Gasteiger partial charge in [0.2, 0.25) is 5.78 Å². The van der Waals surface area contributed by atoms with E-state index in [2.05, 4.69) is 26.0 Å². The van der Waals surface area contributed by atoms with Crippen LogP contribution in [0.2, 0.25) is 0 Å². The number of aliphatic hydroxyl groups is 5. The van der Waals surface area contributed by atoms with E-state index in [0.717, 1.165) is 11.1 Å². The van der Waals surface area contributed by atoms with Crippen molar-refractivity contribution in [3.8, 4) is 0 Å². The minimum absolute atomic E-state index is 0.00162. The molecule has 8 aliphatic rings. The van der Waals surface area contributed by atoms with E-state index in [0.29, 0.717) is 18.4 Å². The summed E-state index contributed by atoms with van der Waals surface area (Å²) in [6.45, 7) is 19.4. The quantitative estimate of drug-likeness (QED) is 0.118. The maximum atomic E-state index is 15.0. The summed E-state index contributed by atoms with van der Waals surface area (Å²) in [5, 5.41) is 57.7. The first-order valence-corrected chi connectivity index (χ1v) is 24.7. The highest BCUT2D eigenvalue weighted by Gasteiger charge is 2.63. The third kappa shape index (κ3) is 9.11. The fourth-order valence-corrected chi connectivity index (χ4v) is 13.3. The molecule has 0 aromatic heterocycles. The zero-order chi connectivity index (χ0) is 48.6. The number of Topliss-reactive ketones (excluding diaryl/α,β-unsaturated/α-hetero) is 1. The highest BCUT2D eigenvalue weighted by atomic mass is 16.7. The molecule has 0 amide bonds. The predicted molar refractivity (Wildman–Crippen MR) is 244 cm³/mol. The molecule has 5 fully saturated rings. The lowest BCUT2D eigenvalue weighted by Gasteiger charge is -2.56. The monoisotopic (exact) mass is 941 g/mol. The van der Waals surface area contributed by atoms with Crippen molar-refractivity contribution < 1.29 is 73.0 Å². The summed E-state index contributed by atoms with van der Waals surface area (Å²) < 4.78 is 49.7. The van der Waals surface area contributed by atoms with Gasteiger partial charge in [-0.25, -0.2) is 4.79 Å². The Morgan fingerprint density at radius 3 is 1.96 bits per heavy atom. The van der Waals surface area contributed by atoms with Gasteiger partial charge >= 0.3 is 5.97 Å². The van der Waals surface area contributed by atoms with Gasteiger partial charge in [-0.3, -0.25) is 4.79 Å². The molecular formula is C52H76O15. The number of allylic oxidation sites excluding steroid dienone is 4. The van der Waals surface area contributed by atoms with Gasteiger partial charge in [-0.05, 0) is 83.6 Å². The first-order chi connectivity index (χ1) is 31.6. The average Bonchev–Trinajstić information content (AvgIpc) is 3.50. The van der Waals surface area contributed by atoms with Gasteiger partial charge in [0.1, 0.15) is 29.6 Å². The van der Waals surface area contributed by atoms with E-state index in [-0.39, 0.29) is 66.6 Å². The van der Waals surface area contributed by atoms with Crippen LogP contribution in [0.25, 0.3) is 0 Å². The Morgan fingerprint density at radius 2 is 1.30 bits per heavy atom. The van der Waals surface area contributed by atoms with E-state index in [1.165, 1.54) is 7.11 Å². The molecule has 2 bridgehead atoms. The summed E-state index contributed by atoms with van der Waals surface area (Å²) >= 11 is 0. The predicted octanol–water partition coefficient (Wildman–Crippen LogP) is 5.68. The van der Waals surface area contributed by atoms with Crippen LogP contribution in [-0.2, 0) is 47.5 Å². The first kappa shape index (κ1) is 50.6. The van der Waals surface area contributed by atoms with Crippen LogP contribution in [0.3, 0.4) is 0 Å². The Labute approximate surface area is 395 Å². The number of methoxy groups -OCH3 is 1. The first-order valence-electron chi connectivity index (χ1n) is 24.7. The van der Waals surface area contributed by atoms with Crippen LogP contribution >= 0.6 is 0 Å². The molecule has 0 radical (unpaired) electrons. The van der Waals surface area contributed by atoms with E-state index in [9.17, 15) is 30.3 Å². The summed E-state index contributed by atoms with van der Waals surface area (Å²) in [7, 11) is 1.52. The van der Waals surface area contributed by atoms with Crippen molar-refractivity contribution in [1.82, 2.24) is 0 Å². The number of hydrogen-bond donors (Lipinski definition) is 5. The summed E-state index contributed by atoms with van der Waals surface area (Å²) in [5.74, 6) is -3.36. The Hall–Kier alpha value is -2.80.